The molecule has 3 aromatic rings. The van der Waals surface area contributed by atoms with Gasteiger partial charge < -0.3 is 15.4 Å². The van der Waals surface area contributed by atoms with Crippen molar-refractivity contribution >= 4 is 12.0 Å². The number of hydrogen-bond acceptors (Lipinski definition) is 5. The first-order chi connectivity index (χ1) is 17.4. The van der Waals surface area contributed by atoms with Gasteiger partial charge in [0.25, 0.3) is 11.5 Å². The molecule has 1 saturated heterocycles. The molecule has 0 saturated carbocycles. The summed E-state index contributed by atoms with van der Waals surface area (Å²) in [6, 6.07) is 21.1. The predicted octanol–water partition coefficient (Wildman–Crippen LogP) is 3.35. The number of alkyl carbamates (subject to hydrolysis) is 1. The first-order valence-corrected chi connectivity index (χ1v) is 12.2. The fraction of sp³-hybridized carbons (Fsp3) is 0.321. The molecule has 1 aliphatic heterocycles. The molecule has 2 aromatic carbocycles. The molecule has 8 nitrogen and oxygen atoms in total. The second kappa shape index (κ2) is 11.7. The Morgan fingerprint density at radius 3 is 2.36 bits per heavy atom. The van der Waals surface area contributed by atoms with Crippen molar-refractivity contribution in [2.75, 3.05) is 13.1 Å². The van der Waals surface area contributed by atoms with Crippen LogP contribution in [0.4, 0.5) is 4.79 Å². The van der Waals surface area contributed by atoms with E-state index in [0.29, 0.717) is 30.3 Å². The number of aromatic nitrogens is 1. The molecule has 2 heterocycles. The molecule has 0 radical (unpaired) electrons. The van der Waals surface area contributed by atoms with Crippen LogP contribution < -0.4 is 16.2 Å². The number of ether oxygens (including phenoxy) is 1. The van der Waals surface area contributed by atoms with Crippen LogP contribution in [0.2, 0.25) is 0 Å². The number of likely N-dealkylation sites (tertiary alicyclic amines) is 1. The maximum atomic E-state index is 13.1. The largest absolute Gasteiger partial charge is 0.445 e. The highest BCUT2D eigenvalue weighted by Crippen LogP contribution is 2.16. The van der Waals surface area contributed by atoms with Crippen LogP contribution in [0.5, 0.6) is 0 Å². The SMILES string of the molecule is CC(C)N1CCC(NC(=O)OCc2ccccc2)C(NC(=O)c2ccc(-n3ccccc3=O)cc2)C1. The van der Waals surface area contributed by atoms with Crippen molar-refractivity contribution < 1.29 is 14.3 Å². The van der Waals surface area contributed by atoms with E-state index in [2.05, 4.69) is 29.4 Å². The van der Waals surface area contributed by atoms with Crippen LogP contribution in [0, 0.1) is 0 Å². The smallest absolute Gasteiger partial charge is 0.407 e. The first kappa shape index (κ1) is 25.2. The molecule has 8 heteroatoms. The van der Waals surface area contributed by atoms with Gasteiger partial charge in [-0.15, -0.1) is 0 Å². The van der Waals surface area contributed by atoms with E-state index in [9.17, 15) is 14.4 Å². The molecule has 2 N–H and O–H groups in total. The van der Waals surface area contributed by atoms with Crippen LogP contribution in [0.1, 0.15) is 36.2 Å². The number of rotatable bonds is 7. The summed E-state index contributed by atoms with van der Waals surface area (Å²) in [5, 5.41) is 6.05. The van der Waals surface area contributed by atoms with Gasteiger partial charge in [-0.25, -0.2) is 4.79 Å². The van der Waals surface area contributed by atoms with Crippen molar-refractivity contribution in [3.05, 3.63) is 100 Å². The summed E-state index contributed by atoms with van der Waals surface area (Å²) >= 11 is 0. The van der Waals surface area contributed by atoms with Gasteiger partial charge in [-0.3, -0.25) is 19.1 Å². The van der Waals surface area contributed by atoms with Gasteiger partial charge in [0, 0.05) is 42.6 Å². The van der Waals surface area contributed by atoms with Crippen molar-refractivity contribution in [2.45, 2.75) is 45.0 Å². The molecular formula is C28H32N4O4. The number of hydrogen-bond donors (Lipinski definition) is 2. The quantitative estimate of drug-likeness (QED) is 0.532. The molecule has 36 heavy (non-hydrogen) atoms. The lowest BCUT2D eigenvalue weighted by molar-refractivity contribution is 0.0814. The van der Waals surface area contributed by atoms with Crippen molar-refractivity contribution in [2.24, 2.45) is 0 Å². The highest BCUT2D eigenvalue weighted by molar-refractivity contribution is 5.94. The minimum absolute atomic E-state index is 0.140. The predicted molar refractivity (Wildman–Crippen MR) is 138 cm³/mol. The Kier molecular flexibility index (Phi) is 8.17. The molecule has 0 aliphatic carbocycles. The molecule has 2 amide bonds. The molecule has 4 rings (SSSR count). The standard InChI is InChI=1S/C28H32N4O4/c1-20(2)31-17-15-24(30-28(35)36-19-21-8-4-3-5-9-21)25(18-31)29-27(34)22-11-13-23(14-12-22)32-16-7-6-10-26(32)33/h3-14,16,20,24-25H,15,17-19H2,1-2H3,(H,29,34)(H,30,35). The first-order valence-electron chi connectivity index (χ1n) is 12.2. The van der Waals surface area contributed by atoms with Gasteiger partial charge in [-0.2, -0.15) is 0 Å². The lowest BCUT2D eigenvalue weighted by Gasteiger charge is -2.40. The number of benzene rings is 2. The van der Waals surface area contributed by atoms with E-state index in [4.69, 9.17) is 4.74 Å². The highest BCUT2D eigenvalue weighted by Gasteiger charge is 2.33. The topological polar surface area (TPSA) is 92.7 Å². The van der Waals surface area contributed by atoms with Gasteiger partial charge in [0.15, 0.2) is 0 Å². The molecular weight excluding hydrogens is 456 g/mol. The number of pyridine rings is 1. The zero-order valence-corrected chi connectivity index (χ0v) is 20.6. The van der Waals surface area contributed by atoms with E-state index >= 15 is 0 Å². The maximum Gasteiger partial charge on any atom is 0.407 e. The van der Waals surface area contributed by atoms with Crippen LogP contribution in [-0.4, -0.2) is 52.7 Å². The summed E-state index contributed by atoms with van der Waals surface area (Å²) in [6.45, 7) is 5.85. The Labute approximate surface area is 210 Å². The normalized spacial score (nSPS) is 18.0. The average Bonchev–Trinajstić information content (AvgIpc) is 2.89. The van der Waals surface area contributed by atoms with Crippen molar-refractivity contribution in [3.8, 4) is 5.69 Å². The van der Waals surface area contributed by atoms with Crippen LogP contribution in [0.25, 0.3) is 5.69 Å². The van der Waals surface area contributed by atoms with E-state index in [0.717, 1.165) is 12.1 Å². The summed E-state index contributed by atoms with van der Waals surface area (Å²) in [5.74, 6) is -0.234. The molecule has 0 spiro atoms. The second-order valence-corrected chi connectivity index (χ2v) is 9.23. The van der Waals surface area contributed by atoms with Crippen LogP contribution in [0.3, 0.4) is 0 Å². The molecule has 0 bridgehead atoms. The number of nitrogens with zero attached hydrogens (tertiary/aromatic N) is 2. The van der Waals surface area contributed by atoms with E-state index in [1.165, 1.54) is 10.6 Å². The third kappa shape index (κ3) is 6.40. The molecule has 1 fully saturated rings. The third-order valence-corrected chi connectivity index (χ3v) is 6.44. The summed E-state index contributed by atoms with van der Waals surface area (Å²) in [7, 11) is 0. The Balaban J connectivity index is 1.41. The van der Waals surface area contributed by atoms with Crippen molar-refractivity contribution in [3.63, 3.8) is 0 Å². The number of carbonyl (C=O) groups is 2. The zero-order chi connectivity index (χ0) is 25.5. The second-order valence-electron chi connectivity index (χ2n) is 9.23. The van der Waals surface area contributed by atoms with E-state index in [1.54, 1.807) is 42.6 Å². The highest BCUT2D eigenvalue weighted by atomic mass is 16.5. The zero-order valence-electron chi connectivity index (χ0n) is 20.6. The Bertz CT molecular complexity index is 1220. The van der Waals surface area contributed by atoms with Gasteiger partial charge in [0.2, 0.25) is 0 Å². The fourth-order valence-electron chi connectivity index (χ4n) is 4.35. The Hall–Kier alpha value is -3.91. The summed E-state index contributed by atoms with van der Waals surface area (Å²) < 4.78 is 6.92. The van der Waals surface area contributed by atoms with Gasteiger partial charge in [0.05, 0.1) is 12.1 Å². The Morgan fingerprint density at radius 2 is 1.67 bits per heavy atom. The van der Waals surface area contributed by atoms with Gasteiger partial charge >= 0.3 is 6.09 Å². The van der Waals surface area contributed by atoms with Crippen molar-refractivity contribution in [1.29, 1.82) is 0 Å². The molecule has 2 unspecified atom stereocenters. The maximum absolute atomic E-state index is 13.1. The number of amides is 2. The molecule has 1 aromatic heterocycles. The molecule has 2 atom stereocenters. The van der Waals surface area contributed by atoms with Crippen LogP contribution in [-0.2, 0) is 11.3 Å². The summed E-state index contributed by atoms with van der Waals surface area (Å²) in [4.78, 5) is 40.0. The number of piperidine rings is 1. The third-order valence-electron chi connectivity index (χ3n) is 6.44. The number of nitrogens with one attached hydrogen (secondary N) is 2. The van der Waals surface area contributed by atoms with E-state index in [-0.39, 0.29) is 30.2 Å². The van der Waals surface area contributed by atoms with Crippen LogP contribution >= 0.6 is 0 Å². The van der Waals surface area contributed by atoms with Gasteiger partial charge in [0.1, 0.15) is 6.61 Å². The van der Waals surface area contributed by atoms with Crippen molar-refractivity contribution in [1.82, 2.24) is 20.1 Å². The van der Waals surface area contributed by atoms with E-state index < -0.39 is 6.09 Å². The van der Waals surface area contributed by atoms with Crippen LogP contribution in [0.15, 0.2) is 83.8 Å². The Morgan fingerprint density at radius 1 is 0.944 bits per heavy atom. The van der Waals surface area contributed by atoms with E-state index in [1.807, 2.05) is 30.3 Å². The number of carbonyl (C=O) groups excluding carboxylic acids is 2. The lowest BCUT2D eigenvalue weighted by Crippen LogP contribution is -2.61. The minimum Gasteiger partial charge on any atom is -0.445 e. The summed E-state index contributed by atoms with van der Waals surface area (Å²) in [5.41, 5.74) is 1.93. The molecule has 1 aliphatic rings. The van der Waals surface area contributed by atoms with Gasteiger partial charge in [-0.1, -0.05) is 36.4 Å². The van der Waals surface area contributed by atoms with Gasteiger partial charge in [-0.05, 0) is 56.2 Å². The molecule has 188 valence electrons. The lowest BCUT2D eigenvalue weighted by atomic mass is 9.97. The average molecular weight is 489 g/mol. The fourth-order valence-corrected chi connectivity index (χ4v) is 4.35. The summed E-state index contributed by atoms with van der Waals surface area (Å²) in [6.07, 6.45) is 1.88. The minimum atomic E-state index is -0.501. The monoisotopic (exact) mass is 488 g/mol.